The molecule has 4 rings (SSSR count). The van der Waals surface area contributed by atoms with Gasteiger partial charge < -0.3 is 14.0 Å². The molecular formula is C27H29BO3. The summed E-state index contributed by atoms with van der Waals surface area (Å²) in [5, 5.41) is 0. The Bertz CT molecular complexity index is 997. The van der Waals surface area contributed by atoms with Crippen molar-refractivity contribution in [1.29, 1.82) is 0 Å². The molecule has 3 aromatic carbocycles. The Labute approximate surface area is 185 Å². The molecular weight excluding hydrogens is 383 g/mol. The number of hydrogen-bond acceptors (Lipinski definition) is 3. The number of hydrogen-bond donors (Lipinski definition) is 0. The fourth-order valence-electron chi connectivity index (χ4n) is 3.82. The summed E-state index contributed by atoms with van der Waals surface area (Å²) in [4.78, 5) is 0. The van der Waals surface area contributed by atoms with Crippen LogP contribution in [0.4, 0.5) is 0 Å². The van der Waals surface area contributed by atoms with Gasteiger partial charge in [0.1, 0.15) is 5.75 Å². The largest absolute Gasteiger partial charge is 0.497 e. The van der Waals surface area contributed by atoms with E-state index in [1.807, 2.05) is 24.3 Å². The molecule has 0 amide bonds. The van der Waals surface area contributed by atoms with Crippen molar-refractivity contribution in [2.75, 3.05) is 7.11 Å². The van der Waals surface area contributed by atoms with Gasteiger partial charge in [0, 0.05) is 0 Å². The summed E-state index contributed by atoms with van der Waals surface area (Å²) >= 11 is 0. The highest BCUT2D eigenvalue weighted by molar-refractivity contribution is 6.71. The molecule has 0 aliphatic carbocycles. The maximum Gasteiger partial charge on any atom is 0.496 e. The van der Waals surface area contributed by atoms with Crippen LogP contribution in [0, 0.1) is 0 Å². The van der Waals surface area contributed by atoms with E-state index in [-0.39, 0.29) is 0 Å². The lowest BCUT2D eigenvalue weighted by Crippen LogP contribution is -2.41. The molecule has 0 bridgehead atoms. The van der Waals surface area contributed by atoms with E-state index in [2.05, 4.69) is 88.4 Å². The van der Waals surface area contributed by atoms with Crippen molar-refractivity contribution in [2.24, 2.45) is 0 Å². The first-order valence-corrected chi connectivity index (χ1v) is 10.7. The maximum atomic E-state index is 6.55. The third-order valence-corrected chi connectivity index (χ3v) is 6.28. The molecule has 31 heavy (non-hydrogen) atoms. The van der Waals surface area contributed by atoms with E-state index in [0.29, 0.717) is 0 Å². The lowest BCUT2D eigenvalue weighted by Gasteiger charge is -2.32. The zero-order chi connectivity index (χ0) is 22.1. The highest BCUT2D eigenvalue weighted by Crippen LogP contribution is 2.44. The SMILES string of the molecule is COc1ccc(C(B2OC(C)(C)C(C)(C)O2)=C(c2ccccc2)c2ccccc2)cc1. The van der Waals surface area contributed by atoms with E-state index in [1.54, 1.807) is 7.11 Å². The van der Waals surface area contributed by atoms with Gasteiger partial charge in [0.05, 0.1) is 18.3 Å². The van der Waals surface area contributed by atoms with Gasteiger partial charge in [-0.1, -0.05) is 72.8 Å². The number of ether oxygens (including phenoxy) is 1. The van der Waals surface area contributed by atoms with E-state index < -0.39 is 18.3 Å². The standard InChI is InChI=1S/C27H29BO3/c1-26(2)27(3,4)31-28(30-26)25(22-16-18-23(29-5)19-17-22)24(20-12-8-6-9-13-20)21-14-10-7-11-15-21/h6-19H,1-5H3. The van der Waals surface area contributed by atoms with Crippen molar-refractivity contribution in [1.82, 2.24) is 0 Å². The second-order valence-corrected chi connectivity index (χ2v) is 8.84. The summed E-state index contributed by atoms with van der Waals surface area (Å²) < 4.78 is 18.5. The molecule has 1 heterocycles. The molecule has 0 atom stereocenters. The zero-order valence-electron chi connectivity index (χ0n) is 18.9. The number of benzene rings is 3. The summed E-state index contributed by atoms with van der Waals surface area (Å²) in [6.45, 7) is 8.35. The summed E-state index contributed by atoms with van der Waals surface area (Å²) in [7, 11) is 1.17. The Kier molecular flexibility index (Phi) is 5.78. The van der Waals surface area contributed by atoms with Crippen molar-refractivity contribution < 1.29 is 14.0 Å². The van der Waals surface area contributed by atoms with Crippen LogP contribution in [0.15, 0.2) is 84.9 Å². The molecule has 0 radical (unpaired) electrons. The molecule has 3 nitrogen and oxygen atoms in total. The highest BCUT2D eigenvalue weighted by atomic mass is 16.7. The van der Waals surface area contributed by atoms with Gasteiger partial charge >= 0.3 is 7.12 Å². The first kappa shape index (κ1) is 21.4. The third-order valence-electron chi connectivity index (χ3n) is 6.28. The van der Waals surface area contributed by atoms with E-state index in [9.17, 15) is 0 Å². The van der Waals surface area contributed by atoms with Crippen LogP contribution in [0.3, 0.4) is 0 Å². The Hall–Kier alpha value is -2.82. The van der Waals surface area contributed by atoms with Gasteiger partial charge in [0.25, 0.3) is 0 Å². The average Bonchev–Trinajstić information content (AvgIpc) is 2.99. The topological polar surface area (TPSA) is 27.7 Å². The number of rotatable bonds is 5. The Morgan fingerprint density at radius 3 is 1.52 bits per heavy atom. The molecule has 1 aliphatic heterocycles. The summed E-state index contributed by atoms with van der Waals surface area (Å²) in [5.74, 6) is 0.818. The zero-order valence-corrected chi connectivity index (χ0v) is 18.9. The Morgan fingerprint density at radius 2 is 1.10 bits per heavy atom. The molecule has 0 saturated carbocycles. The van der Waals surface area contributed by atoms with Crippen LogP contribution in [-0.4, -0.2) is 25.4 Å². The van der Waals surface area contributed by atoms with Gasteiger partial charge in [-0.2, -0.15) is 0 Å². The van der Waals surface area contributed by atoms with Crippen molar-refractivity contribution >= 4 is 18.2 Å². The van der Waals surface area contributed by atoms with Crippen molar-refractivity contribution in [3.8, 4) is 5.75 Å². The molecule has 0 aromatic heterocycles. The average molecular weight is 412 g/mol. The molecule has 0 N–H and O–H groups in total. The minimum absolute atomic E-state index is 0.437. The van der Waals surface area contributed by atoms with Crippen LogP contribution in [0.5, 0.6) is 5.75 Å². The fourth-order valence-corrected chi connectivity index (χ4v) is 3.82. The maximum absolute atomic E-state index is 6.55. The van der Waals surface area contributed by atoms with Gasteiger partial charge in [-0.05, 0) is 67.6 Å². The molecule has 158 valence electrons. The smallest absolute Gasteiger partial charge is 0.496 e. The van der Waals surface area contributed by atoms with Crippen molar-refractivity contribution in [3.63, 3.8) is 0 Å². The van der Waals surface area contributed by atoms with Crippen LogP contribution in [-0.2, 0) is 9.31 Å². The highest BCUT2D eigenvalue weighted by Gasteiger charge is 2.53. The van der Waals surface area contributed by atoms with Gasteiger partial charge in [-0.3, -0.25) is 0 Å². The molecule has 1 saturated heterocycles. The second kappa shape index (κ2) is 8.37. The molecule has 0 spiro atoms. The second-order valence-electron chi connectivity index (χ2n) is 8.84. The predicted octanol–water partition coefficient (Wildman–Crippen LogP) is 6.29. The van der Waals surface area contributed by atoms with Crippen LogP contribution in [0.1, 0.15) is 44.4 Å². The van der Waals surface area contributed by atoms with Crippen LogP contribution in [0.25, 0.3) is 11.0 Å². The molecule has 4 heteroatoms. The molecule has 1 fully saturated rings. The summed E-state index contributed by atoms with van der Waals surface area (Å²) in [6, 6.07) is 29.0. The molecule has 3 aromatic rings. The van der Waals surface area contributed by atoms with Crippen LogP contribution < -0.4 is 4.74 Å². The molecule has 1 aliphatic rings. The van der Waals surface area contributed by atoms with E-state index >= 15 is 0 Å². The minimum Gasteiger partial charge on any atom is -0.497 e. The summed E-state index contributed by atoms with van der Waals surface area (Å²) in [6.07, 6.45) is 0. The lowest BCUT2D eigenvalue weighted by molar-refractivity contribution is 0.00578. The normalized spacial score (nSPS) is 16.7. The Balaban J connectivity index is 1.99. The predicted molar refractivity (Wildman–Crippen MR) is 128 cm³/mol. The fraction of sp³-hybridized carbons (Fsp3) is 0.259. The lowest BCUT2D eigenvalue weighted by atomic mass is 9.69. The van der Waals surface area contributed by atoms with Gasteiger partial charge in [-0.25, -0.2) is 0 Å². The first-order chi connectivity index (χ1) is 14.8. The van der Waals surface area contributed by atoms with Gasteiger partial charge in [-0.15, -0.1) is 0 Å². The Morgan fingerprint density at radius 1 is 0.645 bits per heavy atom. The van der Waals surface area contributed by atoms with E-state index in [0.717, 1.165) is 33.5 Å². The summed E-state index contributed by atoms with van der Waals surface area (Å²) in [5.41, 5.74) is 4.52. The van der Waals surface area contributed by atoms with Crippen LogP contribution in [0.2, 0.25) is 0 Å². The minimum atomic E-state index is -0.506. The van der Waals surface area contributed by atoms with Crippen LogP contribution >= 0.6 is 0 Å². The van der Waals surface area contributed by atoms with E-state index in [4.69, 9.17) is 14.0 Å². The third kappa shape index (κ3) is 4.19. The quantitative estimate of drug-likeness (QED) is 0.364. The van der Waals surface area contributed by atoms with Crippen molar-refractivity contribution in [3.05, 3.63) is 102 Å². The van der Waals surface area contributed by atoms with E-state index in [1.165, 1.54) is 0 Å². The van der Waals surface area contributed by atoms with Gasteiger partial charge in [0.2, 0.25) is 0 Å². The number of methoxy groups -OCH3 is 1. The monoisotopic (exact) mass is 412 g/mol. The van der Waals surface area contributed by atoms with Crippen molar-refractivity contribution in [2.45, 2.75) is 38.9 Å². The first-order valence-electron chi connectivity index (χ1n) is 10.7. The molecule has 0 unspecified atom stereocenters. The van der Waals surface area contributed by atoms with Gasteiger partial charge in [0.15, 0.2) is 0 Å².